The third kappa shape index (κ3) is 4.38. The molecule has 29 heavy (non-hydrogen) atoms. The van der Waals surface area contributed by atoms with Gasteiger partial charge in [0.15, 0.2) is 11.5 Å². The molecule has 0 saturated heterocycles. The number of rotatable bonds is 9. The molecule has 6 heteroatoms. The highest BCUT2D eigenvalue weighted by Crippen LogP contribution is 2.40. The van der Waals surface area contributed by atoms with Crippen molar-refractivity contribution in [3.05, 3.63) is 59.8 Å². The molecular formula is C23H29N3O3. The largest absolute Gasteiger partial charge is 0.493 e. The number of hydrogen-bond acceptors (Lipinski definition) is 4. The van der Waals surface area contributed by atoms with Gasteiger partial charge in [-0.05, 0) is 24.1 Å². The van der Waals surface area contributed by atoms with E-state index in [9.17, 15) is 4.79 Å². The number of amides is 1. The van der Waals surface area contributed by atoms with Gasteiger partial charge in [0, 0.05) is 35.1 Å². The van der Waals surface area contributed by atoms with Crippen LogP contribution in [0.1, 0.15) is 36.8 Å². The zero-order chi connectivity index (χ0) is 20.8. The van der Waals surface area contributed by atoms with Crippen molar-refractivity contribution in [2.24, 2.45) is 5.73 Å². The topological polar surface area (TPSA) is 89.4 Å². The van der Waals surface area contributed by atoms with Crippen LogP contribution >= 0.6 is 0 Å². The molecule has 154 valence electrons. The fraction of sp³-hybridized carbons (Fsp3) is 0.348. The summed E-state index contributed by atoms with van der Waals surface area (Å²) in [6.45, 7) is 2.42. The Morgan fingerprint density at radius 1 is 1.10 bits per heavy atom. The van der Waals surface area contributed by atoms with E-state index >= 15 is 0 Å². The fourth-order valence-corrected chi connectivity index (χ4v) is 3.73. The Hall–Kier alpha value is -2.99. The van der Waals surface area contributed by atoms with E-state index in [0.29, 0.717) is 24.5 Å². The van der Waals surface area contributed by atoms with Crippen LogP contribution in [0.5, 0.6) is 11.5 Å². The summed E-state index contributed by atoms with van der Waals surface area (Å²) in [5.74, 6) is 1.05. The molecule has 0 aliphatic carbocycles. The molecule has 0 aliphatic heterocycles. The summed E-state index contributed by atoms with van der Waals surface area (Å²) in [5, 5.41) is 4.14. The molecule has 4 N–H and O–H groups in total. The molecule has 0 bridgehead atoms. The zero-order valence-electron chi connectivity index (χ0n) is 17.2. The van der Waals surface area contributed by atoms with E-state index in [1.54, 1.807) is 14.2 Å². The zero-order valence-corrected chi connectivity index (χ0v) is 17.2. The van der Waals surface area contributed by atoms with Crippen LogP contribution in [0.4, 0.5) is 0 Å². The standard InChI is InChI=1S/C23H29N3O3/c1-4-8-19(24)23(27)26-14-18(16-10-7-12-21(28-2)22(16)29-3)17-13-25-20-11-6-5-9-15(17)20/h5-7,9-13,18-19,25H,4,8,14,24H2,1-3H3,(H,26,27). The molecule has 1 aromatic heterocycles. The van der Waals surface area contributed by atoms with E-state index in [1.165, 1.54) is 0 Å². The van der Waals surface area contributed by atoms with E-state index in [1.807, 2.05) is 49.5 Å². The molecule has 2 unspecified atom stereocenters. The number of nitrogens with two attached hydrogens (primary N) is 1. The number of methoxy groups -OCH3 is 2. The smallest absolute Gasteiger partial charge is 0.236 e. The van der Waals surface area contributed by atoms with Gasteiger partial charge >= 0.3 is 0 Å². The highest BCUT2D eigenvalue weighted by atomic mass is 16.5. The Morgan fingerprint density at radius 3 is 2.62 bits per heavy atom. The second kappa shape index (κ2) is 9.47. The average molecular weight is 396 g/mol. The highest BCUT2D eigenvalue weighted by Gasteiger charge is 2.25. The van der Waals surface area contributed by atoms with Crippen molar-refractivity contribution in [1.29, 1.82) is 0 Å². The van der Waals surface area contributed by atoms with Crippen LogP contribution in [0.3, 0.4) is 0 Å². The lowest BCUT2D eigenvalue weighted by molar-refractivity contribution is -0.122. The SMILES string of the molecule is CCCC(N)C(=O)NCC(c1cccc(OC)c1OC)c1c[nH]c2ccccc12. The van der Waals surface area contributed by atoms with Crippen molar-refractivity contribution in [3.8, 4) is 11.5 Å². The summed E-state index contributed by atoms with van der Waals surface area (Å²) >= 11 is 0. The Labute approximate surface area is 171 Å². The predicted molar refractivity (Wildman–Crippen MR) is 116 cm³/mol. The molecule has 1 amide bonds. The number of carbonyl (C=O) groups is 1. The van der Waals surface area contributed by atoms with Crippen LogP contribution in [-0.2, 0) is 4.79 Å². The van der Waals surface area contributed by atoms with Gasteiger partial charge in [0.25, 0.3) is 0 Å². The number of aromatic nitrogens is 1. The number of hydrogen-bond donors (Lipinski definition) is 3. The van der Waals surface area contributed by atoms with E-state index in [0.717, 1.165) is 28.5 Å². The van der Waals surface area contributed by atoms with Crippen molar-refractivity contribution in [3.63, 3.8) is 0 Å². The quantitative estimate of drug-likeness (QED) is 0.517. The van der Waals surface area contributed by atoms with E-state index in [2.05, 4.69) is 16.4 Å². The average Bonchev–Trinajstić information content (AvgIpc) is 3.17. The van der Waals surface area contributed by atoms with Gasteiger partial charge in [0.05, 0.1) is 20.3 Å². The molecule has 0 aliphatic rings. The minimum Gasteiger partial charge on any atom is -0.493 e. The third-order valence-electron chi connectivity index (χ3n) is 5.22. The minimum absolute atomic E-state index is 0.131. The maximum absolute atomic E-state index is 12.5. The Bertz CT molecular complexity index is 967. The number of fused-ring (bicyclic) bond motifs is 1. The monoisotopic (exact) mass is 395 g/mol. The maximum atomic E-state index is 12.5. The highest BCUT2D eigenvalue weighted by molar-refractivity contribution is 5.85. The normalized spacial score (nSPS) is 13.1. The number of nitrogens with one attached hydrogen (secondary N) is 2. The first-order chi connectivity index (χ1) is 14.1. The van der Waals surface area contributed by atoms with Crippen LogP contribution in [0, 0.1) is 0 Å². The van der Waals surface area contributed by atoms with Gasteiger partial charge in [-0.1, -0.05) is 43.7 Å². The van der Waals surface area contributed by atoms with Crippen LogP contribution in [0.15, 0.2) is 48.7 Å². The molecule has 0 radical (unpaired) electrons. The van der Waals surface area contributed by atoms with Crippen molar-refractivity contribution in [2.45, 2.75) is 31.7 Å². The third-order valence-corrected chi connectivity index (χ3v) is 5.22. The summed E-state index contributed by atoms with van der Waals surface area (Å²) in [7, 11) is 3.25. The van der Waals surface area contributed by atoms with Crippen LogP contribution < -0.4 is 20.5 Å². The molecular weight excluding hydrogens is 366 g/mol. The van der Waals surface area contributed by atoms with Gasteiger partial charge < -0.3 is 25.5 Å². The van der Waals surface area contributed by atoms with Crippen molar-refractivity contribution in [1.82, 2.24) is 10.3 Å². The number of H-pyrrole nitrogens is 1. The van der Waals surface area contributed by atoms with Crippen molar-refractivity contribution < 1.29 is 14.3 Å². The van der Waals surface area contributed by atoms with Gasteiger partial charge in [0.2, 0.25) is 5.91 Å². The fourth-order valence-electron chi connectivity index (χ4n) is 3.73. The summed E-state index contributed by atoms with van der Waals surface area (Å²) in [6, 6.07) is 13.4. The van der Waals surface area contributed by atoms with Crippen LogP contribution in [-0.4, -0.2) is 37.7 Å². The Morgan fingerprint density at radius 2 is 1.90 bits per heavy atom. The molecule has 0 saturated carbocycles. The number of aromatic amines is 1. The molecule has 1 heterocycles. The molecule has 3 rings (SSSR count). The van der Waals surface area contributed by atoms with Gasteiger partial charge in [-0.2, -0.15) is 0 Å². The summed E-state index contributed by atoms with van der Waals surface area (Å²) in [4.78, 5) is 15.8. The first-order valence-corrected chi connectivity index (χ1v) is 9.90. The van der Waals surface area contributed by atoms with E-state index in [-0.39, 0.29) is 11.8 Å². The van der Waals surface area contributed by atoms with E-state index < -0.39 is 6.04 Å². The first-order valence-electron chi connectivity index (χ1n) is 9.90. The molecule has 0 fully saturated rings. The second-order valence-electron chi connectivity index (χ2n) is 7.07. The lowest BCUT2D eigenvalue weighted by Crippen LogP contribution is -2.42. The van der Waals surface area contributed by atoms with Crippen LogP contribution in [0.25, 0.3) is 10.9 Å². The minimum atomic E-state index is -0.504. The molecule has 0 spiro atoms. The van der Waals surface area contributed by atoms with Crippen molar-refractivity contribution >= 4 is 16.8 Å². The van der Waals surface area contributed by atoms with Gasteiger partial charge in [0.1, 0.15) is 0 Å². The van der Waals surface area contributed by atoms with Gasteiger partial charge in [-0.15, -0.1) is 0 Å². The molecule has 2 atom stereocenters. The predicted octanol–water partition coefficient (Wildman–Crippen LogP) is 3.56. The lowest BCUT2D eigenvalue weighted by atomic mass is 9.89. The number of carbonyl (C=O) groups excluding carboxylic acids is 1. The first kappa shape index (κ1) is 20.7. The van der Waals surface area contributed by atoms with Gasteiger partial charge in [-0.25, -0.2) is 0 Å². The summed E-state index contributed by atoms with van der Waals surface area (Å²) in [6.07, 6.45) is 3.52. The Balaban J connectivity index is 2.02. The number of para-hydroxylation sites is 2. The second-order valence-corrected chi connectivity index (χ2v) is 7.07. The van der Waals surface area contributed by atoms with Crippen LogP contribution in [0.2, 0.25) is 0 Å². The number of benzene rings is 2. The molecule has 2 aromatic carbocycles. The molecule has 6 nitrogen and oxygen atoms in total. The lowest BCUT2D eigenvalue weighted by Gasteiger charge is -2.22. The maximum Gasteiger partial charge on any atom is 0.236 e. The summed E-state index contributed by atoms with van der Waals surface area (Å²) in [5.41, 5.74) is 9.07. The van der Waals surface area contributed by atoms with E-state index in [4.69, 9.17) is 15.2 Å². The molecule has 3 aromatic rings. The van der Waals surface area contributed by atoms with Crippen molar-refractivity contribution in [2.75, 3.05) is 20.8 Å². The van der Waals surface area contributed by atoms with Gasteiger partial charge in [-0.3, -0.25) is 4.79 Å². The number of ether oxygens (including phenoxy) is 2. The summed E-state index contributed by atoms with van der Waals surface area (Å²) < 4.78 is 11.2. The Kier molecular flexibility index (Phi) is 6.77.